The van der Waals surface area contributed by atoms with Crippen molar-refractivity contribution in [1.29, 1.82) is 0 Å². The van der Waals surface area contributed by atoms with Gasteiger partial charge in [-0.1, -0.05) is 29.8 Å². The molecule has 3 rings (SSSR count). The van der Waals surface area contributed by atoms with Gasteiger partial charge in [-0.2, -0.15) is 0 Å². The summed E-state index contributed by atoms with van der Waals surface area (Å²) >= 11 is 7.46. The highest BCUT2D eigenvalue weighted by Crippen LogP contribution is 2.35. The van der Waals surface area contributed by atoms with E-state index in [1.807, 2.05) is 24.3 Å². The molecule has 5 nitrogen and oxygen atoms in total. The van der Waals surface area contributed by atoms with E-state index in [2.05, 4.69) is 5.32 Å². The Morgan fingerprint density at radius 1 is 1.29 bits per heavy atom. The van der Waals surface area contributed by atoms with Crippen LogP contribution in [0.25, 0.3) is 10.1 Å². The number of fused-ring (bicyclic) bond motifs is 1. The van der Waals surface area contributed by atoms with Crippen molar-refractivity contribution in [3.63, 3.8) is 0 Å². The summed E-state index contributed by atoms with van der Waals surface area (Å²) in [6, 6.07) is 10.6. The Balaban J connectivity index is 1.60. The molecule has 1 aromatic carbocycles. The quantitative estimate of drug-likeness (QED) is 0.690. The van der Waals surface area contributed by atoms with Gasteiger partial charge in [-0.3, -0.25) is 4.79 Å². The molecule has 0 bridgehead atoms. The third kappa shape index (κ3) is 3.44. The molecule has 0 fully saturated rings. The van der Waals surface area contributed by atoms with Crippen molar-refractivity contribution in [1.82, 2.24) is 5.32 Å². The summed E-state index contributed by atoms with van der Waals surface area (Å²) in [5.74, 6) is -0.395. The maximum Gasteiger partial charge on any atom is 0.350 e. The van der Waals surface area contributed by atoms with Gasteiger partial charge in [0.1, 0.15) is 10.6 Å². The highest BCUT2D eigenvalue weighted by atomic mass is 35.5. The third-order valence-electron chi connectivity index (χ3n) is 3.40. The molecule has 2 heterocycles. The molecule has 1 atom stereocenters. The zero-order chi connectivity index (χ0) is 17.1. The van der Waals surface area contributed by atoms with Gasteiger partial charge in [0.15, 0.2) is 6.61 Å². The fraction of sp³-hybridized carbons (Fsp3) is 0.176. The molecule has 1 N–H and O–H groups in total. The number of benzene rings is 1. The lowest BCUT2D eigenvalue weighted by molar-refractivity contribution is -0.125. The Hall–Kier alpha value is -2.31. The van der Waals surface area contributed by atoms with E-state index in [1.54, 1.807) is 19.1 Å². The second kappa shape index (κ2) is 7.07. The molecule has 3 aromatic rings. The molecule has 0 unspecified atom stereocenters. The summed E-state index contributed by atoms with van der Waals surface area (Å²) in [6.07, 6.45) is 1.53. The van der Waals surface area contributed by atoms with Crippen LogP contribution in [0.4, 0.5) is 0 Å². The Kier molecular flexibility index (Phi) is 4.87. The first-order chi connectivity index (χ1) is 11.6. The van der Waals surface area contributed by atoms with Crippen LogP contribution in [0.15, 0.2) is 47.1 Å². The van der Waals surface area contributed by atoms with Gasteiger partial charge < -0.3 is 14.5 Å². The zero-order valence-electron chi connectivity index (χ0n) is 12.7. The van der Waals surface area contributed by atoms with E-state index in [4.69, 9.17) is 20.8 Å². The summed E-state index contributed by atoms with van der Waals surface area (Å²) in [5, 5.41) is 3.84. The SMILES string of the molecule is C[C@H](NC(=O)COC(=O)c1sc2ccccc2c1Cl)c1ccco1. The van der Waals surface area contributed by atoms with Gasteiger partial charge in [-0.05, 0) is 25.1 Å². The van der Waals surface area contributed by atoms with Crippen LogP contribution in [0.5, 0.6) is 0 Å². The topological polar surface area (TPSA) is 68.5 Å². The predicted molar refractivity (Wildman–Crippen MR) is 92.4 cm³/mol. The van der Waals surface area contributed by atoms with E-state index in [1.165, 1.54) is 17.6 Å². The average Bonchev–Trinajstić information content (AvgIpc) is 3.21. The lowest BCUT2D eigenvalue weighted by Gasteiger charge is -2.11. The van der Waals surface area contributed by atoms with E-state index in [0.29, 0.717) is 15.7 Å². The van der Waals surface area contributed by atoms with Gasteiger partial charge in [-0.25, -0.2) is 4.79 Å². The van der Waals surface area contributed by atoms with Crippen molar-refractivity contribution in [3.8, 4) is 0 Å². The van der Waals surface area contributed by atoms with Gasteiger partial charge in [0, 0.05) is 10.1 Å². The summed E-state index contributed by atoms with van der Waals surface area (Å²) in [6.45, 7) is 1.40. The fourth-order valence-electron chi connectivity index (χ4n) is 2.23. The van der Waals surface area contributed by atoms with Crippen LogP contribution in [0, 0.1) is 0 Å². The molecule has 0 spiro atoms. The number of carbonyl (C=O) groups is 2. The third-order valence-corrected chi connectivity index (χ3v) is 5.06. The average molecular weight is 364 g/mol. The number of amides is 1. The van der Waals surface area contributed by atoms with E-state index in [0.717, 1.165) is 10.1 Å². The first-order valence-corrected chi connectivity index (χ1v) is 8.42. The molecule has 0 aliphatic rings. The van der Waals surface area contributed by atoms with E-state index < -0.39 is 11.9 Å². The number of furan rings is 1. The van der Waals surface area contributed by atoms with Crippen LogP contribution in [-0.2, 0) is 9.53 Å². The van der Waals surface area contributed by atoms with Crippen LogP contribution < -0.4 is 5.32 Å². The minimum atomic E-state index is -0.609. The minimum Gasteiger partial charge on any atom is -0.467 e. The lowest BCUT2D eigenvalue weighted by atomic mass is 10.2. The number of ether oxygens (including phenoxy) is 1. The molecule has 1 amide bonds. The summed E-state index contributed by atoms with van der Waals surface area (Å²) in [5.41, 5.74) is 0. The molecule has 0 aliphatic heterocycles. The van der Waals surface area contributed by atoms with Gasteiger partial charge in [0.2, 0.25) is 0 Å². The zero-order valence-corrected chi connectivity index (χ0v) is 14.3. The van der Waals surface area contributed by atoms with Crippen molar-refractivity contribution >= 4 is 44.9 Å². The maximum atomic E-state index is 12.2. The number of hydrogen-bond donors (Lipinski definition) is 1. The number of esters is 1. The second-order valence-corrected chi connectivity index (χ2v) is 6.55. The van der Waals surface area contributed by atoms with Gasteiger partial charge in [0.05, 0.1) is 17.3 Å². The Morgan fingerprint density at radius 2 is 2.08 bits per heavy atom. The summed E-state index contributed by atoms with van der Waals surface area (Å²) in [4.78, 5) is 24.3. The Morgan fingerprint density at radius 3 is 2.79 bits per heavy atom. The Bertz CT molecular complexity index is 872. The molecule has 124 valence electrons. The summed E-state index contributed by atoms with van der Waals surface area (Å²) in [7, 11) is 0. The van der Waals surface area contributed by atoms with E-state index in [-0.39, 0.29) is 12.6 Å². The smallest absolute Gasteiger partial charge is 0.350 e. The Labute approximate surface area is 147 Å². The predicted octanol–water partition coefficient (Wildman–Crippen LogP) is 4.18. The standard InChI is InChI=1S/C17H14ClNO4S/c1-10(12-6-4-8-22-12)19-14(20)9-23-17(21)16-15(18)11-5-2-3-7-13(11)24-16/h2-8,10H,9H2,1H3,(H,19,20)/t10-/m0/s1. The molecule has 0 aliphatic carbocycles. The molecule has 0 saturated heterocycles. The number of thiophene rings is 1. The van der Waals surface area contributed by atoms with Crippen molar-refractivity contribution in [3.05, 3.63) is 58.3 Å². The first-order valence-electron chi connectivity index (χ1n) is 7.23. The lowest BCUT2D eigenvalue weighted by Crippen LogP contribution is -2.30. The highest BCUT2D eigenvalue weighted by molar-refractivity contribution is 7.21. The molecular formula is C17H14ClNO4S. The van der Waals surface area contributed by atoms with Gasteiger partial charge in [-0.15, -0.1) is 11.3 Å². The number of rotatable bonds is 5. The maximum absolute atomic E-state index is 12.2. The molecule has 0 radical (unpaired) electrons. The second-order valence-electron chi connectivity index (χ2n) is 5.12. The van der Waals surface area contributed by atoms with Crippen LogP contribution in [-0.4, -0.2) is 18.5 Å². The van der Waals surface area contributed by atoms with Crippen molar-refractivity contribution < 1.29 is 18.7 Å². The molecule has 2 aromatic heterocycles. The van der Waals surface area contributed by atoms with Crippen LogP contribution >= 0.6 is 22.9 Å². The molecule has 0 saturated carbocycles. The van der Waals surface area contributed by atoms with Gasteiger partial charge >= 0.3 is 5.97 Å². The van der Waals surface area contributed by atoms with Crippen LogP contribution in [0.2, 0.25) is 5.02 Å². The van der Waals surface area contributed by atoms with Gasteiger partial charge in [0.25, 0.3) is 5.91 Å². The number of carbonyl (C=O) groups excluding carboxylic acids is 2. The monoisotopic (exact) mass is 363 g/mol. The highest BCUT2D eigenvalue weighted by Gasteiger charge is 2.20. The number of hydrogen-bond acceptors (Lipinski definition) is 5. The van der Waals surface area contributed by atoms with Crippen molar-refractivity contribution in [2.75, 3.05) is 6.61 Å². The minimum absolute atomic E-state index is 0.296. The van der Waals surface area contributed by atoms with E-state index in [9.17, 15) is 9.59 Å². The normalized spacial score (nSPS) is 12.1. The molecular weight excluding hydrogens is 350 g/mol. The number of nitrogens with one attached hydrogen (secondary N) is 1. The van der Waals surface area contributed by atoms with Crippen molar-refractivity contribution in [2.45, 2.75) is 13.0 Å². The van der Waals surface area contributed by atoms with Crippen LogP contribution in [0.1, 0.15) is 28.4 Å². The number of halogens is 1. The largest absolute Gasteiger partial charge is 0.467 e. The van der Waals surface area contributed by atoms with Crippen LogP contribution in [0.3, 0.4) is 0 Å². The first kappa shape index (κ1) is 16.5. The fourth-order valence-corrected chi connectivity index (χ4v) is 3.64. The van der Waals surface area contributed by atoms with E-state index >= 15 is 0 Å². The van der Waals surface area contributed by atoms with Crippen molar-refractivity contribution in [2.24, 2.45) is 0 Å². The molecule has 7 heteroatoms. The molecule has 24 heavy (non-hydrogen) atoms. The summed E-state index contributed by atoms with van der Waals surface area (Å²) < 4.78 is 11.2.